The van der Waals surface area contributed by atoms with Gasteiger partial charge in [-0.3, -0.25) is 9.59 Å². The van der Waals surface area contributed by atoms with Crippen LogP contribution in [0.15, 0.2) is 47.6 Å². The maximum atomic E-state index is 12.0. The highest BCUT2D eigenvalue weighted by molar-refractivity contribution is 6.36. The molecule has 5 nitrogen and oxygen atoms in total. The number of carbonyl (C=O) groups excluding carboxylic acids is 2. The molecule has 0 aromatic heterocycles. The van der Waals surface area contributed by atoms with Gasteiger partial charge in [-0.25, -0.2) is 5.43 Å². The topological polar surface area (TPSA) is 70.6 Å². The van der Waals surface area contributed by atoms with Crippen molar-refractivity contribution in [3.63, 3.8) is 0 Å². The van der Waals surface area contributed by atoms with E-state index in [-0.39, 0.29) is 17.1 Å². The van der Waals surface area contributed by atoms with Gasteiger partial charge in [0.05, 0.1) is 23.3 Å². The zero-order chi connectivity index (χ0) is 17.5. The van der Waals surface area contributed by atoms with Crippen LogP contribution in [0.1, 0.15) is 21.5 Å². The molecular formula is C17H15Cl2N3O2. The Kier molecular flexibility index (Phi) is 6.35. The van der Waals surface area contributed by atoms with Gasteiger partial charge in [0.25, 0.3) is 11.8 Å². The molecule has 0 heterocycles. The van der Waals surface area contributed by atoms with Crippen LogP contribution in [0.4, 0.5) is 0 Å². The predicted octanol–water partition coefficient (Wildman–Crippen LogP) is 3.18. The summed E-state index contributed by atoms with van der Waals surface area (Å²) in [4.78, 5) is 23.6. The van der Waals surface area contributed by atoms with Crippen LogP contribution in [0, 0.1) is 6.92 Å². The maximum Gasteiger partial charge on any atom is 0.259 e. The Hall–Kier alpha value is -2.37. The molecule has 0 bridgehead atoms. The van der Waals surface area contributed by atoms with Crippen LogP contribution in [0.5, 0.6) is 0 Å². The number of carbonyl (C=O) groups is 2. The highest BCUT2D eigenvalue weighted by atomic mass is 35.5. The molecule has 2 N–H and O–H groups in total. The highest BCUT2D eigenvalue weighted by Crippen LogP contribution is 2.20. The van der Waals surface area contributed by atoms with E-state index in [1.807, 2.05) is 31.2 Å². The van der Waals surface area contributed by atoms with Crippen LogP contribution in [0.25, 0.3) is 0 Å². The molecule has 7 heteroatoms. The number of amides is 2. The normalized spacial score (nSPS) is 10.6. The molecule has 0 fully saturated rings. The van der Waals surface area contributed by atoms with Crippen molar-refractivity contribution in [3.8, 4) is 0 Å². The fourth-order valence-corrected chi connectivity index (χ4v) is 2.29. The SMILES string of the molecule is Cc1ccc(/C=N/NC(=O)CNC(=O)c2ccc(Cl)cc2Cl)cc1. The number of nitrogens with one attached hydrogen (secondary N) is 2. The van der Waals surface area contributed by atoms with Crippen molar-refractivity contribution in [1.82, 2.24) is 10.7 Å². The van der Waals surface area contributed by atoms with Crippen molar-refractivity contribution in [2.24, 2.45) is 5.10 Å². The fourth-order valence-electron chi connectivity index (χ4n) is 1.80. The molecule has 0 atom stereocenters. The number of hydrogen-bond acceptors (Lipinski definition) is 3. The van der Waals surface area contributed by atoms with E-state index in [0.717, 1.165) is 11.1 Å². The molecule has 0 aliphatic rings. The number of hydrogen-bond donors (Lipinski definition) is 2. The van der Waals surface area contributed by atoms with Crippen LogP contribution in [-0.2, 0) is 4.79 Å². The van der Waals surface area contributed by atoms with Gasteiger partial charge in [-0.2, -0.15) is 5.10 Å². The highest BCUT2D eigenvalue weighted by Gasteiger charge is 2.11. The third-order valence-electron chi connectivity index (χ3n) is 3.07. The summed E-state index contributed by atoms with van der Waals surface area (Å²) in [5.74, 6) is -0.911. The summed E-state index contributed by atoms with van der Waals surface area (Å²) in [6.45, 7) is 1.77. The lowest BCUT2D eigenvalue weighted by molar-refractivity contribution is -0.120. The Balaban J connectivity index is 1.82. The number of rotatable bonds is 5. The second kappa shape index (κ2) is 8.47. The number of hydrazone groups is 1. The Bertz CT molecular complexity index is 774. The molecule has 24 heavy (non-hydrogen) atoms. The van der Waals surface area contributed by atoms with E-state index < -0.39 is 11.8 Å². The van der Waals surface area contributed by atoms with Gasteiger partial charge in [0.2, 0.25) is 0 Å². The zero-order valence-electron chi connectivity index (χ0n) is 12.8. The standard InChI is InChI=1S/C17H15Cl2N3O2/c1-11-2-4-12(5-3-11)9-21-22-16(23)10-20-17(24)14-7-6-13(18)8-15(14)19/h2-9H,10H2,1H3,(H,20,24)(H,22,23)/b21-9+. The van der Waals surface area contributed by atoms with Gasteiger partial charge < -0.3 is 5.32 Å². The first-order chi connectivity index (χ1) is 11.5. The summed E-state index contributed by atoms with van der Waals surface area (Å²) < 4.78 is 0. The minimum atomic E-state index is -0.464. The number of nitrogens with zero attached hydrogens (tertiary/aromatic N) is 1. The summed E-state index contributed by atoms with van der Waals surface area (Å²) in [6.07, 6.45) is 1.52. The van der Waals surface area contributed by atoms with E-state index in [2.05, 4.69) is 15.8 Å². The number of benzene rings is 2. The maximum absolute atomic E-state index is 12.0. The average molecular weight is 364 g/mol. The van der Waals surface area contributed by atoms with Gasteiger partial charge in [0, 0.05) is 5.02 Å². The molecule has 0 aliphatic carbocycles. The Labute approximate surface area is 149 Å². The molecule has 0 aliphatic heterocycles. The lowest BCUT2D eigenvalue weighted by atomic mass is 10.2. The molecule has 0 unspecified atom stereocenters. The molecular weight excluding hydrogens is 349 g/mol. The van der Waals surface area contributed by atoms with Crippen LogP contribution in [-0.4, -0.2) is 24.6 Å². The van der Waals surface area contributed by atoms with E-state index in [4.69, 9.17) is 23.2 Å². The first kappa shape index (κ1) is 18.0. The molecule has 0 radical (unpaired) electrons. The Morgan fingerprint density at radius 2 is 1.83 bits per heavy atom. The van der Waals surface area contributed by atoms with E-state index in [0.29, 0.717) is 5.02 Å². The van der Waals surface area contributed by atoms with Crippen molar-refractivity contribution in [1.29, 1.82) is 0 Å². The van der Waals surface area contributed by atoms with Crippen molar-refractivity contribution < 1.29 is 9.59 Å². The first-order valence-corrected chi connectivity index (χ1v) is 7.83. The molecule has 2 rings (SSSR count). The molecule has 124 valence electrons. The lowest BCUT2D eigenvalue weighted by Gasteiger charge is -2.06. The van der Waals surface area contributed by atoms with Crippen LogP contribution in [0.2, 0.25) is 10.0 Å². The van der Waals surface area contributed by atoms with Gasteiger partial charge >= 0.3 is 0 Å². The molecule has 2 aromatic carbocycles. The quantitative estimate of drug-likeness (QED) is 0.632. The molecule has 0 saturated heterocycles. The van der Waals surface area contributed by atoms with E-state index in [9.17, 15) is 9.59 Å². The molecule has 2 aromatic rings. The zero-order valence-corrected chi connectivity index (χ0v) is 14.4. The minimum Gasteiger partial charge on any atom is -0.343 e. The van der Waals surface area contributed by atoms with E-state index in [1.165, 1.54) is 18.3 Å². The average Bonchev–Trinajstić information content (AvgIpc) is 2.54. The molecule has 0 saturated carbocycles. The predicted molar refractivity (Wildman–Crippen MR) is 95.7 cm³/mol. The van der Waals surface area contributed by atoms with E-state index in [1.54, 1.807) is 6.07 Å². The largest absolute Gasteiger partial charge is 0.343 e. The fraction of sp³-hybridized carbons (Fsp3) is 0.118. The van der Waals surface area contributed by atoms with Crippen molar-refractivity contribution in [2.75, 3.05) is 6.54 Å². The summed E-state index contributed by atoms with van der Waals surface area (Å²) in [5, 5.41) is 6.94. The first-order valence-electron chi connectivity index (χ1n) is 7.07. The van der Waals surface area contributed by atoms with Crippen molar-refractivity contribution in [3.05, 3.63) is 69.2 Å². The minimum absolute atomic E-state index is 0.219. The summed E-state index contributed by atoms with van der Waals surface area (Å²) in [6, 6.07) is 12.2. The molecule has 0 spiro atoms. The number of aryl methyl sites for hydroxylation is 1. The van der Waals surface area contributed by atoms with Gasteiger partial charge in [-0.05, 0) is 30.7 Å². The van der Waals surface area contributed by atoms with Gasteiger partial charge in [-0.15, -0.1) is 0 Å². The summed E-state index contributed by atoms with van der Waals surface area (Å²) in [5.41, 5.74) is 4.58. The summed E-state index contributed by atoms with van der Waals surface area (Å²) >= 11 is 11.7. The van der Waals surface area contributed by atoms with E-state index >= 15 is 0 Å². The second-order valence-corrected chi connectivity index (χ2v) is 5.85. The third kappa shape index (κ3) is 5.37. The Morgan fingerprint density at radius 3 is 2.50 bits per heavy atom. The lowest BCUT2D eigenvalue weighted by Crippen LogP contribution is -2.35. The third-order valence-corrected chi connectivity index (χ3v) is 3.61. The van der Waals surface area contributed by atoms with Crippen LogP contribution >= 0.6 is 23.2 Å². The van der Waals surface area contributed by atoms with Gasteiger partial charge in [0.15, 0.2) is 0 Å². The van der Waals surface area contributed by atoms with Crippen LogP contribution < -0.4 is 10.7 Å². The Morgan fingerprint density at radius 1 is 1.12 bits per heavy atom. The van der Waals surface area contributed by atoms with Crippen molar-refractivity contribution >= 4 is 41.2 Å². The molecule has 2 amide bonds. The number of halogens is 2. The van der Waals surface area contributed by atoms with Crippen LogP contribution in [0.3, 0.4) is 0 Å². The van der Waals surface area contributed by atoms with Gasteiger partial charge in [-0.1, -0.05) is 53.0 Å². The van der Waals surface area contributed by atoms with Crippen molar-refractivity contribution in [2.45, 2.75) is 6.92 Å². The summed E-state index contributed by atoms with van der Waals surface area (Å²) in [7, 11) is 0. The second-order valence-electron chi connectivity index (χ2n) is 5.01. The monoisotopic (exact) mass is 363 g/mol. The smallest absolute Gasteiger partial charge is 0.259 e. The van der Waals surface area contributed by atoms with Gasteiger partial charge in [0.1, 0.15) is 0 Å².